The van der Waals surface area contributed by atoms with Crippen LogP contribution in [0.4, 0.5) is 13.2 Å². The zero-order chi connectivity index (χ0) is 15.0. The number of hydrogen-bond donors (Lipinski definition) is 1. The van der Waals surface area contributed by atoms with E-state index < -0.39 is 11.7 Å². The number of aromatic nitrogens is 1. The summed E-state index contributed by atoms with van der Waals surface area (Å²) in [4.78, 5) is 5.65. The number of nitrogens with two attached hydrogens (primary N) is 1. The summed E-state index contributed by atoms with van der Waals surface area (Å²) in [6.45, 7) is 0. The second-order valence-electron chi connectivity index (χ2n) is 5.29. The van der Waals surface area contributed by atoms with Gasteiger partial charge in [-0.3, -0.25) is 0 Å². The molecule has 0 aliphatic heterocycles. The SMILES string of the molecule is NC1CCCc2nc(Cc3cccc(C(F)(F)F)c3)sc21. The minimum Gasteiger partial charge on any atom is -0.323 e. The molecule has 0 saturated carbocycles. The van der Waals surface area contributed by atoms with Crippen molar-refractivity contribution in [2.24, 2.45) is 5.73 Å². The average Bonchev–Trinajstić information content (AvgIpc) is 2.82. The lowest BCUT2D eigenvalue weighted by Crippen LogP contribution is -2.15. The lowest BCUT2D eigenvalue weighted by atomic mass is 9.99. The molecule has 1 aliphatic rings. The Bertz CT molecular complexity index is 649. The average molecular weight is 312 g/mol. The molecule has 21 heavy (non-hydrogen) atoms. The highest BCUT2D eigenvalue weighted by Crippen LogP contribution is 2.34. The summed E-state index contributed by atoms with van der Waals surface area (Å²) in [5, 5.41) is 0.844. The number of benzene rings is 1. The molecule has 0 spiro atoms. The van der Waals surface area contributed by atoms with Crippen LogP contribution >= 0.6 is 11.3 Å². The quantitative estimate of drug-likeness (QED) is 0.907. The maximum absolute atomic E-state index is 12.7. The summed E-state index contributed by atoms with van der Waals surface area (Å²) in [5.41, 5.74) is 7.10. The molecule has 6 heteroatoms. The number of hydrogen-bond acceptors (Lipinski definition) is 3. The molecule has 3 rings (SSSR count). The highest BCUT2D eigenvalue weighted by molar-refractivity contribution is 7.11. The van der Waals surface area contributed by atoms with Crippen molar-refractivity contribution in [2.45, 2.75) is 37.9 Å². The van der Waals surface area contributed by atoms with Gasteiger partial charge in [0.05, 0.1) is 16.3 Å². The fourth-order valence-electron chi connectivity index (χ4n) is 2.61. The van der Waals surface area contributed by atoms with Crippen molar-refractivity contribution < 1.29 is 13.2 Å². The third kappa shape index (κ3) is 3.11. The zero-order valence-electron chi connectivity index (χ0n) is 11.3. The summed E-state index contributed by atoms with van der Waals surface area (Å²) < 4.78 is 38.1. The first kappa shape index (κ1) is 14.5. The molecule has 0 fully saturated rings. The number of rotatable bonds is 2. The third-order valence-corrected chi connectivity index (χ3v) is 4.88. The lowest BCUT2D eigenvalue weighted by Gasteiger charge is -2.15. The molecular formula is C15H15F3N2S. The molecule has 0 bridgehead atoms. The van der Waals surface area contributed by atoms with E-state index >= 15 is 0 Å². The van der Waals surface area contributed by atoms with Crippen LogP contribution in [0, 0.1) is 0 Å². The predicted octanol–water partition coefficient (Wildman–Crippen LogP) is 4.09. The van der Waals surface area contributed by atoms with Gasteiger partial charge in [0.25, 0.3) is 0 Å². The number of nitrogens with zero attached hydrogens (tertiary/aromatic N) is 1. The van der Waals surface area contributed by atoms with Crippen LogP contribution in [0.3, 0.4) is 0 Å². The number of thiazole rings is 1. The summed E-state index contributed by atoms with van der Waals surface area (Å²) in [7, 11) is 0. The van der Waals surface area contributed by atoms with Crippen molar-refractivity contribution in [2.75, 3.05) is 0 Å². The Hall–Kier alpha value is -1.40. The van der Waals surface area contributed by atoms with E-state index in [0.717, 1.165) is 40.9 Å². The Morgan fingerprint density at radius 1 is 1.33 bits per heavy atom. The Kier molecular flexibility index (Phi) is 3.75. The van der Waals surface area contributed by atoms with Gasteiger partial charge in [-0.15, -0.1) is 11.3 Å². The number of halogens is 3. The highest BCUT2D eigenvalue weighted by atomic mass is 32.1. The number of fused-ring (bicyclic) bond motifs is 1. The summed E-state index contributed by atoms with van der Waals surface area (Å²) in [6.07, 6.45) is -0.976. The van der Waals surface area contributed by atoms with E-state index in [1.807, 2.05) is 0 Å². The van der Waals surface area contributed by atoms with Gasteiger partial charge in [-0.1, -0.05) is 18.2 Å². The van der Waals surface area contributed by atoms with Crippen LogP contribution in [-0.2, 0) is 19.0 Å². The van der Waals surface area contributed by atoms with Crippen molar-refractivity contribution in [3.05, 3.63) is 51.0 Å². The van der Waals surface area contributed by atoms with Gasteiger partial charge in [-0.2, -0.15) is 13.2 Å². The van der Waals surface area contributed by atoms with Crippen LogP contribution in [-0.4, -0.2) is 4.98 Å². The first-order valence-electron chi connectivity index (χ1n) is 6.83. The van der Waals surface area contributed by atoms with Crippen LogP contribution in [0.5, 0.6) is 0 Å². The Labute approximate surface area is 124 Å². The van der Waals surface area contributed by atoms with Gasteiger partial charge in [0.2, 0.25) is 0 Å². The predicted molar refractivity (Wildman–Crippen MR) is 76.2 cm³/mol. The minimum absolute atomic E-state index is 0.0292. The molecule has 1 heterocycles. The molecule has 112 valence electrons. The minimum atomic E-state index is -4.31. The molecular weight excluding hydrogens is 297 g/mol. The molecule has 1 atom stereocenters. The van der Waals surface area contributed by atoms with Gasteiger partial charge >= 0.3 is 6.18 Å². The fourth-order valence-corrected chi connectivity index (χ4v) is 3.79. The van der Waals surface area contributed by atoms with Gasteiger partial charge < -0.3 is 5.73 Å². The molecule has 0 radical (unpaired) electrons. The number of aryl methyl sites for hydroxylation is 1. The van der Waals surface area contributed by atoms with E-state index in [0.29, 0.717) is 12.0 Å². The van der Waals surface area contributed by atoms with Crippen molar-refractivity contribution in [1.82, 2.24) is 4.98 Å². The molecule has 2 aromatic rings. The van der Waals surface area contributed by atoms with Crippen LogP contribution in [0.2, 0.25) is 0 Å². The van der Waals surface area contributed by atoms with Crippen LogP contribution in [0.1, 0.15) is 45.6 Å². The molecule has 0 amide bonds. The monoisotopic (exact) mass is 312 g/mol. The molecule has 1 aromatic carbocycles. The molecule has 1 aromatic heterocycles. The lowest BCUT2D eigenvalue weighted by molar-refractivity contribution is -0.137. The van der Waals surface area contributed by atoms with Gasteiger partial charge in [-0.05, 0) is 30.9 Å². The largest absolute Gasteiger partial charge is 0.416 e. The second kappa shape index (κ2) is 5.42. The van der Waals surface area contributed by atoms with Gasteiger partial charge in [0, 0.05) is 17.3 Å². The van der Waals surface area contributed by atoms with E-state index in [4.69, 9.17) is 5.73 Å². The Morgan fingerprint density at radius 2 is 2.14 bits per heavy atom. The van der Waals surface area contributed by atoms with E-state index in [9.17, 15) is 13.2 Å². The van der Waals surface area contributed by atoms with E-state index in [2.05, 4.69) is 4.98 Å². The highest BCUT2D eigenvalue weighted by Gasteiger charge is 2.30. The smallest absolute Gasteiger partial charge is 0.323 e. The molecule has 1 unspecified atom stereocenters. The Balaban J connectivity index is 1.84. The third-order valence-electron chi connectivity index (χ3n) is 3.65. The van der Waals surface area contributed by atoms with Crippen molar-refractivity contribution >= 4 is 11.3 Å². The second-order valence-corrected chi connectivity index (χ2v) is 6.41. The maximum atomic E-state index is 12.7. The number of alkyl halides is 3. The summed E-state index contributed by atoms with van der Waals surface area (Å²) in [6, 6.07) is 5.46. The summed E-state index contributed by atoms with van der Waals surface area (Å²) >= 11 is 1.53. The standard InChI is InChI=1S/C15H15F3N2S/c16-15(17,18)10-4-1-3-9(7-10)8-13-20-12-6-2-5-11(19)14(12)21-13/h1,3-4,7,11H,2,5-6,8,19H2. The Morgan fingerprint density at radius 3 is 2.86 bits per heavy atom. The summed E-state index contributed by atoms with van der Waals surface area (Å²) in [5.74, 6) is 0. The van der Waals surface area contributed by atoms with E-state index in [1.54, 1.807) is 6.07 Å². The first-order valence-corrected chi connectivity index (χ1v) is 7.65. The fraction of sp³-hybridized carbons (Fsp3) is 0.400. The van der Waals surface area contributed by atoms with Gasteiger partial charge in [0.15, 0.2) is 0 Å². The molecule has 2 N–H and O–H groups in total. The van der Waals surface area contributed by atoms with Gasteiger partial charge in [0.1, 0.15) is 0 Å². The first-order chi connectivity index (χ1) is 9.93. The van der Waals surface area contributed by atoms with Crippen molar-refractivity contribution in [3.8, 4) is 0 Å². The molecule has 2 nitrogen and oxygen atoms in total. The van der Waals surface area contributed by atoms with E-state index in [-0.39, 0.29) is 6.04 Å². The van der Waals surface area contributed by atoms with Crippen molar-refractivity contribution in [1.29, 1.82) is 0 Å². The van der Waals surface area contributed by atoms with Gasteiger partial charge in [-0.25, -0.2) is 4.98 Å². The maximum Gasteiger partial charge on any atom is 0.416 e. The normalized spacial score (nSPS) is 18.6. The van der Waals surface area contributed by atoms with Crippen LogP contribution in [0.25, 0.3) is 0 Å². The van der Waals surface area contributed by atoms with Crippen molar-refractivity contribution in [3.63, 3.8) is 0 Å². The molecule has 0 saturated heterocycles. The topological polar surface area (TPSA) is 38.9 Å². The molecule has 1 aliphatic carbocycles. The van der Waals surface area contributed by atoms with Crippen LogP contribution in [0.15, 0.2) is 24.3 Å². The van der Waals surface area contributed by atoms with Crippen LogP contribution < -0.4 is 5.73 Å². The van der Waals surface area contributed by atoms with E-state index in [1.165, 1.54) is 23.5 Å². The zero-order valence-corrected chi connectivity index (χ0v) is 12.1.